The topological polar surface area (TPSA) is 0 Å². The summed E-state index contributed by atoms with van der Waals surface area (Å²) in [5.41, 5.74) is 4.20. The quantitative estimate of drug-likeness (QED) is 0.476. The molecule has 0 heterocycles. The highest BCUT2D eigenvalue weighted by Gasteiger charge is 2.27. The summed E-state index contributed by atoms with van der Waals surface area (Å²) in [5.74, 6) is 0. The lowest BCUT2D eigenvalue weighted by molar-refractivity contribution is 0.351. The fourth-order valence-corrected chi connectivity index (χ4v) is 3.59. The molecule has 1 aliphatic carbocycles. The molecule has 0 aromatic rings. The van der Waals surface area contributed by atoms with Crippen LogP contribution in [-0.2, 0) is 0 Å². The summed E-state index contributed by atoms with van der Waals surface area (Å²) in [6.07, 6.45) is 16.8. The Labute approximate surface area is 134 Å². The van der Waals surface area contributed by atoms with Crippen LogP contribution in [0.2, 0.25) is 0 Å². The lowest BCUT2D eigenvalue weighted by atomic mass is 9.74. The zero-order valence-corrected chi connectivity index (χ0v) is 15.5. The highest BCUT2D eigenvalue weighted by molar-refractivity contribution is 5.26. The van der Waals surface area contributed by atoms with Gasteiger partial charge in [-0.2, -0.15) is 0 Å². The zero-order chi connectivity index (χ0) is 15.9. The first-order valence-corrected chi connectivity index (χ1v) is 9.36. The van der Waals surface area contributed by atoms with Crippen molar-refractivity contribution < 1.29 is 0 Å². The Morgan fingerprint density at radius 3 is 1.29 bits per heavy atom. The van der Waals surface area contributed by atoms with E-state index in [0.717, 1.165) is 0 Å². The van der Waals surface area contributed by atoms with E-state index in [4.69, 9.17) is 0 Å². The highest BCUT2D eigenvalue weighted by atomic mass is 14.3. The van der Waals surface area contributed by atoms with Gasteiger partial charge in [0.05, 0.1) is 0 Å². The van der Waals surface area contributed by atoms with Crippen molar-refractivity contribution in [3.05, 3.63) is 23.3 Å². The van der Waals surface area contributed by atoms with Crippen LogP contribution >= 0.6 is 0 Å². The zero-order valence-electron chi connectivity index (χ0n) is 15.5. The van der Waals surface area contributed by atoms with Crippen LogP contribution in [-0.4, -0.2) is 0 Å². The second kappa shape index (κ2) is 8.20. The Hall–Kier alpha value is -0.520. The monoisotopic (exact) mass is 290 g/mol. The SMILES string of the molecule is CCC(C)(CC)C1=CC=C(C(C)(CC)CC)CCCCC1. The molecule has 0 nitrogen and oxygen atoms in total. The van der Waals surface area contributed by atoms with E-state index in [0.29, 0.717) is 10.8 Å². The van der Waals surface area contributed by atoms with E-state index >= 15 is 0 Å². The van der Waals surface area contributed by atoms with Crippen molar-refractivity contribution in [3.8, 4) is 0 Å². The van der Waals surface area contributed by atoms with Crippen LogP contribution in [0.1, 0.15) is 99.3 Å². The fraction of sp³-hybridized carbons (Fsp3) is 0.810. The fourth-order valence-electron chi connectivity index (χ4n) is 3.59. The highest BCUT2D eigenvalue weighted by Crippen LogP contribution is 2.41. The minimum Gasteiger partial charge on any atom is -0.0646 e. The Kier molecular flexibility index (Phi) is 7.24. The molecule has 122 valence electrons. The molecule has 0 saturated heterocycles. The largest absolute Gasteiger partial charge is 0.0646 e. The van der Waals surface area contributed by atoms with Crippen LogP contribution < -0.4 is 0 Å². The van der Waals surface area contributed by atoms with Crippen molar-refractivity contribution in [2.45, 2.75) is 99.3 Å². The van der Waals surface area contributed by atoms with Gasteiger partial charge in [-0.3, -0.25) is 0 Å². The van der Waals surface area contributed by atoms with Gasteiger partial charge in [-0.1, -0.05) is 71.3 Å². The molecule has 0 unspecified atom stereocenters. The van der Waals surface area contributed by atoms with Crippen molar-refractivity contribution >= 4 is 0 Å². The van der Waals surface area contributed by atoms with Gasteiger partial charge in [0.2, 0.25) is 0 Å². The van der Waals surface area contributed by atoms with E-state index in [1.165, 1.54) is 57.8 Å². The first kappa shape index (κ1) is 18.5. The van der Waals surface area contributed by atoms with Gasteiger partial charge in [0, 0.05) is 0 Å². The van der Waals surface area contributed by atoms with Gasteiger partial charge < -0.3 is 0 Å². The molecule has 0 aliphatic heterocycles. The van der Waals surface area contributed by atoms with Crippen LogP contribution in [0, 0.1) is 10.8 Å². The van der Waals surface area contributed by atoms with Gasteiger partial charge in [-0.25, -0.2) is 0 Å². The van der Waals surface area contributed by atoms with Crippen molar-refractivity contribution in [1.29, 1.82) is 0 Å². The summed E-state index contributed by atoms with van der Waals surface area (Å²) in [6, 6.07) is 0. The molecule has 1 aliphatic rings. The van der Waals surface area contributed by atoms with Crippen LogP contribution in [0.3, 0.4) is 0 Å². The number of rotatable bonds is 6. The molecular weight excluding hydrogens is 252 g/mol. The van der Waals surface area contributed by atoms with Gasteiger partial charge in [-0.15, -0.1) is 0 Å². The van der Waals surface area contributed by atoms with E-state index in [9.17, 15) is 0 Å². The first-order chi connectivity index (χ1) is 9.95. The average molecular weight is 291 g/mol. The molecule has 0 atom stereocenters. The molecule has 0 saturated carbocycles. The van der Waals surface area contributed by atoms with Gasteiger partial charge in [0.15, 0.2) is 0 Å². The number of allylic oxidation sites excluding steroid dienone is 4. The van der Waals surface area contributed by atoms with E-state index in [-0.39, 0.29) is 0 Å². The van der Waals surface area contributed by atoms with Crippen molar-refractivity contribution in [2.24, 2.45) is 10.8 Å². The molecule has 0 bridgehead atoms. The molecule has 1 rings (SSSR count). The van der Waals surface area contributed by atoms with E-state index in [2.05, 4.69) is 53.7 Å². The summed E-state index contributed by atoms with van der Waals surface area (Å²) >= 11 is 0. The predicted molar refractivity (Wildman–Crippen MR) is 96.6 cm³/mol. The molecule has 21 heavy (non-hydrogen) atoms. The van der Waals surface area contributed by atoms with Crippen LogP contribution in [0.5, 0.6) is 0 Å². The number of hydrogen-bond acceptors (Lipinski definition) is 0. The van der Waals surface area contributed by atoms with Crippen molar-refractivity contribution in [2.75, 3.05) is 0 Å². The molecular formula is C21H38. The summed E-state index contributed by atoms with van der Waals surface area (Å²) in [7, 11) is 0. The molecule has 0 aromatic heterocycles. The van der Waals surface area contributed by atoms with E-state index in [1.54, 1.807) is 11.1 Å². The van der Waals surface area contributed by atoms with Gasteiger partial charge in [0.1, 0.15) is 0 Å². The third-order valence-corrected chi connectivity index (χ3v) is 6.55. The molecule has 0 spiro atoms. The summed E-state index contributed by atoms with van der Waals surface area (Å²) < 4.78 is 0. The Morgan fingerprint density at radius 2 is 1.00 bits per heavy atom. The molecule has 0 aromatic carbocycles. The molecule has 0 amide bonds. The minimum atomic E-state index is 0.404. The maximum Gasteiger partial charge on any atom is -0.0118 e. The average Bonchev–Trinajstić information content (AvgIpc) is 2.65. The Balaban J connectivity index is 3.15. The molecule has 0 radical (unpaired) electrons. The van der Waals surface area contributed by atoms with E-state index in [1.807, 2.05) is 0 Å². The maximum absolute atomic E-state index is 2.51. The smallest absolute Gasteiger partial charge is 0.0118 e. The Morgan fingerprint density at radius 1 is 0.667 bits per heavy atom. The van der Waals surface area contributed by atoms with Crippen LogP contribution in [0.15, 0.2) is 23.3 Å². The Bertz CT molecular complexity index is 325. The minimum absolute atomic E-state index is 0.404. The summed E-state index contributed by atoms with van der Waals surface area (Å²) in [4.78, 5) is 0. The maximum atomic E-state index is 2.51. The lowest BCUT2D eigenvalue weighted by Gasteiger charge is -2.31. The summed E-state index contributed by atoms with van der Waals surface area (Å²) in [6.45, 7) is 14.3. The van der Waals surface area contributed by atoms with Crippen LogP contribution in [0.25, 0.3) is 0 Å². The standard InChI is InChI=1S/C21H38/c1-7-20(5,8-2)18-14-12-11-13-15-19(17-16-18)21(6,9-3)10-4/h16-17H,7-15H2,1-6H3. The van der Waals surface area contributed by atoms with Crippen molar-refractivity contribution in [3.63, 3.8) is 0 Å². The second-order valence-corrected chi connectivity index (χ2v) is 7.48. The third-order valence-electron chi connectivity index (χ3n) is 6.55. The lowest BCUT2D eigenvalue weighted by Crippen LogP contribution is -2.18. The van der Waals surface area contributed by atoms with Gasteiger partial charge in [-0.05, 0) is 62.2 Å². The third kappa shape index (κ3) is 4.47. The normalized spacial score (nSPS) is 18.4. The molecule has 0 heteroatoms. The van der Waals surface area contributed by atoms with Gasteiger partial charge in [0.25, 0.3) is 0 Å². The molecule has 0 fully saturated rings. The van der Waals surface area contributed by atoms with Crippen LogP contribution in [0.4, 0.5) is 0 Å². The van der Waals surface area contributed by atoms with Gasteiger partial charge >= 0.3 is 0 Å². The number of hydrogen-bond donors (Lipinski definition) is 0. The van der Waals surface area contributed by atoms with E-state index < -0.39 is 0 Å². The molecule has 0 N–H and O–H groups in total. The summed E-state index contributed by atoms with van der Waals surface area (Å²) in [5, 5.41) is 0. The van der Waals surface area contributed by atoms with Crippen molar-refractivity contribution in [1.82, 2.24) is 0 Å². The second-order valence-electron chi connectivity index (χ2n) is 7.48. The predicted octanol–water partition coefficient (Wildman–Crippen LogP) is 7.46. The first-order valence-electron chi connectivity index (χ1n) is 9.36.